The monoisotopic (exact) mass is 242 g/mol. The van der Waals surface area contributed by atoms with E-state index in [2.05, 4.69) is 6.92 Å². The number of ether oxygens (including phenoxy) is 1. The molecular formula is C13H26N2O2. The van der Waals surface area contributed by atoms with Gasteiger partial charge in [-0.1, -0.05) is 6.92 Å². The Morgan fingerprint density at radius 1 is 1.53 bits per heavy atom. The van der Waals surface area contributed by atoms with Crippen LogP contribution in [0.15, 0.2) is 0 Å². The highest BCUT2D eigenvalue weighted by Crippen LogP contribution is 2.46. The van der Waals surface area contributed by atoms with Crippen molar-refractivity contribution in [3.05, 3.63) is 0 Å². The van der Waals surface area contributed by atoms with Crippen LogP contribution in [0.2, 0.25) is 0 Å². The van der Waals surface area contributed by atoms with Crippen LogP contribution < -0.4 is 5.73 Å². The number of rotatable bonds is 6. The predicted octanol–water partition coefficient (Wildman–Crippen LogP) is 1.24. The first-order valence-electron chi connectivity index (χ1n) is 6.47. The average Bonchev–Trinajstić information content (AvgIpc) is 2.24. The molecule has 0 atom stereocenters. The van der Waals surface area contributed by atoms with E-state index in [9.17, 15) is 4.79 Å². The molecule has 0 heterocycles. The second kappa shape index (κ2) is 5.83. The van der Waals surface area contributed by atoms with Crippen molar-refractivity contribution in [2.45, 2.75) is 39.7 Å². The van der Waals surface area contributed by atoms with Gasteiger partial charge in [0.2, 0.25) is 5.91 Å². The van der Waals surface area contributed by atoms with Crippen molar-refractivity contribution in [1.29, 1.82) is 0 Å². The van der Waals surface area contributed by atoms with E-state index in [1.807, 2.05) is 18.7 Å². The van der Waals surface area contributed by atoms with Crippen LogP contribution in [0.25, 0.3) is 0 Å². The Bertz CT molecular complexity index is 260. The van der Waals surface area contributed by atoms with Gasteiger partial charge in [0, 0.05) is 26.2 Å². The summed E-state index contributed by atoms with van der Waals surface area (Å²) >= 11 is 0. The number of nitrogens with two attached hydrogens (primary N) is 1. The fourth-order valence-corrected chi connectivity index (χ4v) is 2.79. The molecule has 0 bridgehead atoms. The van der Waals surface area contributed by atoms with Gasteiger partial charge in [-0.2, -0.15) is 0 Å². The molecule has 17 heavy (non-hydrogen) atoms. The molecule has 0 aromatic heterocycles. The van der Waals surface area contributed by atoms with Crippen molar-refractivity contribution in [3.63, 3.8) is 0 Å². The Balaban J connectivity index is 2.69. The average molecular weight is 242 g/mol. The normalized spacial score (nSPS) is 28.0. The Kier molecular flexibility index (Phi) is 4.95. The maximum atomic E-state index is 12.6. The van der Waals surface area contributed by atoms with Crippen molar-refractivity contribution in [2.75, 3.05) is 26.8 Å². The lowest BCUT2D eigenvalue weighted by atomic mass is 9.61. The molecule has 4 nitrogen and oxygen atoms in total. The summed E-state index contributed by atoms with van der Waals surface area (Å²) in [6, 6.07) is 0.206. The van der Waals surface area contributed by atoms with Crippen LogP contribution in [0.3, 0.4) is 0 Å². The lowest BCUT2D eigenvalue weighted by Crippen LogP contribution is -2.56. The predicted molar refractivity (Wildman–Crippen MR) is 68.6 cm³/mol. The Morgan fingerprint density at radius 2 is 2.12 bits per heavy atom. The molecule has 0 saturated heterocycles. The molecule has 0 radical (unpaired) electrons. The minimum absolute atomic E-state index is 0.206. The lowest BCUT2D eigenvalue weighted by Gasteiger charge is -2.47. The van der Waals surface area contributed by atoms with Crippen LogP contribution in [0.1, 0.15) is 33.6 Å². The summed E-state index contributed by atoms with van der Waals surface area (Å²) in [5.74, 6) is 0.837. The van der Waals surface area contributed by atoms with E-state index in [1.165, 1.54) is 0 Å². The Morgan fingerprint density at radius 3 is 2.47 bits per heavy atom. The maximum absolute atomic E-state index is 12.6. The van der Waals surface area contributed by atoms with E-state index in [0.717, 1.165) is 12.8 Å². The van der Waals surface area contributed by atoms with Crippen molar-refractivity contribution in [2.24, 2.45) is 17.1 Å². The van der Waals surface area contributed by atoms with E-state index < -0.39 is 0 Å². The molecule has 1 rings (SSSR count). The van der Waals surface area contributed by atoms with Crippen LogP contribution in [0, 0.1) is 11.3 Å². The van der Waals surface area contributed by atoms with Crippen LogP contribution in [-0.4, -0.2) is 43.7 Å². The third-order valence-electron chi connectivity index (χ3n) is 3.74. The number of methoxy groups -OCH3 is 1. The second-order valence-electron chi connectivity index (χ2n) is 5.58. The summed E-state index contributed by atoms with van der Waals surface area (Å²) in [5.41, 5.74) is 5.53. The van der Waals surface area contributed by atoms with Gasteiger partial charge in [0.15, 0.2) is 0 Å². The van der Waals surface area contributed by atoms with Crippen molar-refractivity contribution >= 4 is 5.91 Å². The molecule has 1 aliphatic rings. The Hall–Kier alpha value is -0.610. The summed E-state index contributed by atoms with van der Waals surface area (Å²) < 4.78 is 5.07. The fourth-order valence-electron chi connectivity index (χ4n) is 2.79. The summed E-state index contributed by atoms with van der Waals surface area (Å²) in [7, 11) is 1.66. The molecule has 1 saturated carbocycles. The van der Waals surface area contributed by atoms with E-state index in [1.54, 1.807) is 7.11 Å². The second-order valence-corrected chi connectivity index (χ2v) is 5.58. The highest BCUT2D eigenvalue weighted by Gasteiger charge is 2.49. The summed E-state index contributed by atoms with van der Waals surface area (Å²) in [6.07, 6.45) is 1.86. The quantitative estimate of drug-likeness (QED) is 0.762. The third kappa shape index (κ3) is 2.99. The maximum Gasteiger partial charge on any atom is 0.230 e. The summed E-state index contributed by atoms with van der Waals surface area (Å²) in [5, 5.41) is 0. The summed E-state index contributed by atoms with van der Waals surface area (Å²) in [6.45, 7) is 7.96. The highest BCUT2D eigenvalue weighted by molar-refractivity contribution is 5.84. The zero-order valence-electron chi connectivity index (χ0n) is 11.5. The van der Waals surface area contributed by atoms with Gasteiger partial charge < -0.3 is 15.4 Å². The molecule has 1 amide bonds. The molecule has 2 N–H and O–H groups in total. The molecule has 4 heteroatoms. The van der Waals surface area contributed by atoms with Gasteiger partial charge >= 0.3 is 0 Å². The van der Waals surface area contributed by atoms with Crippen molar-refractivity contribution in [1.82, 2.24) is 4.90 Å². The molecule has 0 aromatic carbocycles. The van der Waals surface area contributed by atoms with Gasteiger partial charge in [-0.25, -0.2) is 0 Å². The minimum Gasteiger partial charge on any atom is -0.383 e. The van der Waals surface area contributed by atoms with E-state index in [-0.39, 0.29) is 17.4 Å². The topological polar surface area (TPSA) is 55.6 Å². The molecular weight excluding hydrogens is 216 g/mol. The molecule has 100 valence electrons. The smallest absolute Gasteiger partial charge is 0.230 e. The van der Waals surface area contributed by atoms with Gasteiger partial charge in [-0.15, -0.1) is 0 Å². The molecule has 0 unspecified atom stereocenters. The zero-order chi connectivity index (χ0) is 13.1. The van der Waals surface area contributed by atoms with Gasteiger partial charge in [-0.05, 0) is 32.6 Å². The molecule has 1 fully saturated rings. The van der Waals surface area contributed by atoms with Crippen LogP contribution in [-0.2, 0) is 9.53 Å². The molecule has 0 aliphatic heterocycles. The lowest BCUT2D eigenvalue weighted by molar-refractivity contribution is -0.152. The van der Waals surface area contributed by atoms with Gasteiger partial charge in [0.05, 0.1) is 12.0 Å². The first-order valence-corrected chi connectivity index (χ1v) is 6.47. The number of carbonyl (C=O) groups is 1. The number of amides is 1. The third-order valence-corrected chi connectivity index (χ3v) is 3.74. The van der Waals surface area contributed by atoms with Crippen LogP contribution >= 0.6 is 0 Å². The van der Waals surface area contributed by atoms with E-state index in [4.69, 9.17) is 10.5 Å². The SMILES string of the molecule is COCCN(C(=O)C1(CN)CC(C)C1)C(C)C. The van der Waals surface area contributed by atoms with Gasteiger partial charge in [0.1, 0.15) is 0 Å². The largest absolute Gasteiger partial charge is 0.383 e. The first kappa shape index (κ1) is 14.5. The minimum atomic E-state index is -0.294. The standard InChI is InChI=1S/C13H26N2O2/c1-10(2)15(5-6-17-4)12(16)13(9-14)7-11(3)8-13/h10-11H,5-9,14H2,1-4H3. The van der Waals surface area contributed by atoms with Gasteiger partial charge in [0.25, 0.3) is 0 Å². The van der Waals surface area contributed by atoms with E-state index >= 15 is 0 Å². The van der Waals surface area contributed by atoms with Crippen LogP contribution in [0.4, 0.5) is 0 Å². The van der Waals surface area contributed by atoms with Gasteiger partial charge in [-0.3, -0.25) is 4.79 Å². The van der Waals surface area contributed by atoms with Crippen molar-refractivity contribution in [3.8, 4) is 0 Å². The van der Waals surface area contributed by atoms with Crippen LogP contribution in [0.5, 0.6) is 0 Å². The number of hydrogen-bond acceptors (Lipinski definition) is 3. The highest BCUT2D eigenvalue weighted by atomic mass is 16.5. The summed E-state index contributed by atoms with van der Waals surface area (Å²) in [4.78, 5) is 14.5. The Labute approximate surface area is 104 Å². The molecule has 1 aliphatic carbocycles. The number of hydrogen-bond donors (Lipinski definition) is 1. The van der Waals surface area contributed by atoms with E-state index in [0.29, 0.717) is 25.6 Å². The van der Waals surface area contributed by atoms with Crippen molar-refractivity contribution < 1.29 is 9.53 Å². The zero-order valence-corrected chi connectivity index (χ0v) is 11.5. The molecule has 0 aromatic rings. The number of carbonyl (C=O) groups excluding carboxylic acids is 1. The fraction of sp³-hybridized carbons (Fsp3) is 0.923. The molecule has 0 spiro atoms. The first-order chi connectivity index (χ1) is 7.96. The number of nitrogens with zero attached hydrogens (tertiary/aromatic N) is 1.